The van der Waals surface area contributed by atoms with Crippen LogP contribution in [0.4, 0.5) is 0 Å². The van der Waals surface area contributed by atoms with E-state index < -0.39 is 0 Å². The minimum atomic E-state index is 1.03. The third-order valence-electron chi connectivity index (χ3n) is 2.29. The molecule has 1 nitrogen and oxygen atoms in total. The Morgan fingerprint density at radius 2 is 1.65 bits per heavy atom. The van der Waals surface area contributed by atoms with Crippen LogP contribution in [0.2, 0.25) is 0 Å². The first-order chi connectivity index (χ1) is 9.76. The van der Waals surface area contributed by atoms with Crippen LogP contribution in [0, 0.1) is 0 Å². The Hall–Kier alpha value is -2.02. The van der Waals surface area contributed by atoms with Gasteiger partial charge in [0.2, 0.25) is 0 Å². The van der Waals surface area contributed by atoms with E-state index in [4.69, 9.17) is 0 Å². The van der Waals surface area contributed by atoms with E-state index in [-0.39, 0.29) is 0 Å². The van der Waals surface area contributed by atoms with Crippen molar-refractivity contribution in [3.8, 4) is 0 Å². The molecule has 0 fully saturated rings. The lowest BCUT2D eigenvalue weighted by Gasteiger charge is -1.95. The summed E-state index contributed by atoms with van der Waals surface area (Å²) in [7, 11) is 0. The van der Waals surface area contributed by atoms with Gasteiger partial charge in [-0.1, -0.05) is 83.9 Å². The van der Waals surface area contributed by atoms with Crippen molar-refractivity contribution in [2.75, 3.05) is 0 Å². The van der Waals surface area contributed by atoms with E-state index in [0.29, 0.717) is 0 Å². The molecule has 0 atom stereocenters. The maximum absolute atomic E-state index is 3.79. The van der Waals surface area contributed by atoms with E-state index in [1.807, 2.05) is 58.9 Å². The number of H-pyrrole nitrogens is 1. The van der Waals surface area contributed by atoms with E-state index in [9.17, 15) is 0 Å². The highest BCUT2D eigenvalue weighted by Crippen LogP contribution is 2.09. The lowest BCUT2D eigenvalue weighted by Crippen LogP contribution is -2.20. The van der Waals surface area contributed by atoms with Gasteiger partial charge in [0.1, 0.15) is 0 Å². The van der Waals surface area contributed by atoms with Crippen molar-refractivity contribution in [2.24, 2.45) is 0 Å². The molecule has 1 rings (SSSR count). The fourth-order valence-corrected chi connectivity index (χ4v) is 1.54. The maximum Gasteiger partial charge on any atom is 0.0464 e. The van der Waals surface area contributed by atoms with Crippen molar-refractivity contribution in [3.05, 3.63) is 66.4 Å². The quantitative estimate of drug-likeness (QED) is 0.771. The number of allylic oxidation sites excluding steroid dienone is 5. The fourth-order valence-electron chi connectivity index (χ4n) is 1.54. The van der Waals surface area contributed by atoms with Crippen LogP contribution in [0.15, 0.2) is 50.1 Å². The molecule has 1 heteroatoms. The summed E-state index contributed by atoms with van der Waals surface area (Å²) < 4.78 is 0. The molecular weight excluding hydrogens is 242 g/mol. The lowest BCUT2D eigenvalue weighted by atomic mass is 10.1. The normalized spacial score (nSPS) is 11.8. The smallest absolute Gasteiger partial charge is 0.0464 e. The minimum absolute atomic E-state index is 1.03. The van der Waals surface area contributed by atoms with E-state index >= 15 is 0 Å². The van der Waals surface area contributed by atoms with Gasteiger partial charge >= 0.3 is 0 Å². The molecule has 0 spiro atoms. The molecule has 0 bridgehead atoms. The number of aromatic nitrogens is 1. The fraction of sp³-hybridized carbons (Fsp3) is 0.263. The largest absolute Gasteiger partial charge is 0.355 e. The number of nitrogens with one attached hydrogen (secondary N) is 1. The van der Waals surface area contributed by atoms with Crippen LogP contribution in [-0.4, -0.2) is 4.98 Å². The second kappa shape index (κ2) is 13.4. The van der Waals surface area contributed by atoms with Crippen molar-refractivity contribution in [3.63, 3.8) is 0 Å². The Labute approximate surface area is 124 Å². The Morgan fingerprint density at radius 3 is 2.05 bits per heavy atom. The topological polar surface area (TPSA) is 15.8 Å². The van der Waals surface area contributed by atoms with Gasteiger partial charge in [-0.2, -0.15) is 0 Å². The van der Waals surface area contributed by atoms with Gasteiger partial charge in [0.15, 0.2) is 0 Å². The molecule has 0 radical (unpaired) electrons. The Bertz CT molecular complexity index is 539. The van der Waals surface area contributed by atoms with Crippen molar-refractivity contribution >= 4 is 17.7 Å². The molecule has 1 aromatic heterocycles. The molecule has 0 saturated heterocycles. The zero-order valence-corrected chi connectivity index (χ0v) is 13.7. The van der Waals surface area contributed by atoms with Gasteiger partial charge in [0, 0.05) is 11.0 Å². The van der Waals surface area contributed by atoms with Crippen LogP contribution in [0.5, 0.6) is 0 Å². The lowest BCUT2D eigenvalue weighted by molar-refractivity contribution is 1.28. The predicted molar refractivity (Wildman–Crippen MR) is 95.9 cm³/mol. The average molecular weight is 271 g/mol. The molecule has 20 heavy (non-hydrogen) atoms. The molecule has 0 amide bonds. The molecule has 110 valence electrons. The Kier molecular flexibility index (Phi) is 13.6. The van der Waals surface area contributed by atoms with Gasteiger partial charge in [-0.25, -0.2) is 0 Å². The van der Waals surface area contributed by atoms with Crippen molar-refractivity contribution in [1.82, 2.24) is 4.98 Å². The van der Waals surface area contributed by atoms with Crippen molar-refractivity contribution in [2.45, 2.75) is 34.6 Å². The standard InChI is InChI=1S/C15H17N.2C2H6/c1-5-9-12(7-3)15-11-13(10-6-2)14(8-4)16-15;2*1-2/h5-11,16H,1-3H2,4H3;2*1-2H3/b12-9+,13-10-,14-8+;;. The molecule has 1 N–H and O–H groups in total. The van der Waals surface area contributed by atoms with Gasteiger partial charge in [-0.3, -0.25) is 0 Å². The average Bonchev–Trinajstić information content (AvgIpc) is 2.92. The van der Waals surface area contributed by atoms with Crippen LogP contribution < -0.4 is 10.6 Å². The highest BCUT2D eigenvalue weighted by atomic mass is 14.7. The molecule has 0 aliphatic rings. The summed E-state index contributed by atoms with van der Waals surface area (Å²) in [6, 6.07) is 2.08. The van der Waals surface area contributed by atoms with Gasteiger partial charge in [0.05, 0.1) is 0 Å². The summed E-state index contributed by atoms with van der Waals surface area (Å²) in [5.74, 6) is 0. The van der Waals surface area contributed by atoms with Gasteiger partial charge in [-0.05, 0) is 23.8 Å². The van der Waals surface area contributed by atoms with Crippen LogP contribution in [0.25, 0.3) is 17.7 Å². The van der Waals surface area contributed by atoms with Gasteiger partial charge < -0.3 is 4.98 Å². The summed E-state index contributed by atoms with van der Waals surface area (Å²) in [4.78, 5) is 3.33. The number of rotatable bonds is 4. The first-order valence-corrected chi connectivity index (χ1v) is 7.20. The second-order valence-corrected chi connectivity index (χ2v) is 3.30. The van der Waals surface area contributed by atoms with Crippen molar-refractivity contribution < 1.29 is 0 Å². The summed E-state index contributed by atoms with van der Waals surface area (Å²) in [5, 5.41) is 2.22. The number of aromatic amines is 1. The van der Waals surface area contributed by atoms with Gasteiger partial charge in [0.25, 0.3) is 0 Å². The second-order valence-electron chi connectivity index (χ2n) is 3.30. The number of hydrogen-bond donors (Lipinski definition) is 1. The molecule has 1 aromatic rings. The molecule has 0 unspecified atom stereocenters. The van der Waals surface area contributed by atoms with Crippen LogP contribution in [-0.2, 0) is 0 Å². The summed E-state index contributed by atoms with van der Waals surface area (Å²) in [5.41, 5.74) is 2.07. The zero-order chi connectivity index (χ0) is 16.0. The van der Waals surface area contributed by atoms with Crippen LogP contribution in [0.1, 0.15) is 40.3 Å². The third-order valence-corrected chi connectivity index (χ3v) is 2.29. The molecule has 0 saturated carbocycles. The zero-order valence-electron chi connectivity index (χ0n) is 13.7. The van der Waals surface area contributed by atoms with E-state index in [2.05, 4.69) is 30.8 Å². The number of hydrogen-bond acceptors (Lipinski definition) is 0. The monoisotopic (exact) mass is 271 g/mol. The molecule has 0 aliphatic carbocycles. The first-order valence-electron chi connectivity index (χ1n) is 7.20. The van der Waals surface area contributed by atoms with Crippen molar-refractivity contribution in [1.29, 1.82) is 0 Å². The Morgan fingerprint density at radius 1 is 1.05 bits per heavy atom. The van der Waals surface area contributed by atoms with Crippen LogP contribution >= 0.6 is 0 Å². The molecule has 1 heterocycles. The van der Waals surface area contributed by atoms with E-state index in [1.165, 1.54) is 0 Å². The highest BCUT2D eigenvalue weighted by molar-refractivity contribution is 5.72. The minimum Gasteiger partial charge on any atom is -0.355 e. The Balaban J connectivity index is 0. The van der Waals surface area contributed by atoms with E-state index in [1.54, 1.807) is 12.2 Å². The predicted octanol–water partition coefficient (Wildman–Crippen LogP) is 4.59. The summed E-state index contributed by atoms with van der Waals surface area (Å²) >= 11 is 0. The van der Waals surface area contributed by atoms with E-state index in [0.717, 1.165) is 21.8 Å². The maximum atomic E-state index is 3.79. The summed E-state index contributed by atoms with van der Waals surface area (Å²) in [6.07, 6.45) is 11.3. The summed E-state index contributed by atoms with van der Waals surface area (Å²) in [6.45, 7) is 21.2. The highest BCUT2D eigenvalue weighted by Gasteiger charge is 1.98. The SMILES string of the molecule is C=C/C=c1/cc(/C(C=C)=C/C=C)[nH]/c1=C/C.CC.CC. The third kappa shape index (κ3) is 6.24. The van der Waals surface area contributed by atoms with Gasteiger partial charge in [-0.15, -0.1) is 0 Å². The van der Waals surface area contributed by atoms with Crippen LogP contribution in [0.3, 0.4) is 0 Å². The molecular formula is C19H29N. The molecule has 0 aliphatic heterocycles. The molecule has 0 aromatic carbocycles. The first kappa shape index (κ1) is 20.3.